The summed E-state index contributed by atoms with van der Waals surface area (Å²) in [5.41, 5.74) is 1.69. The lowest BCUT2D eigenvalue weighted by molar-refractivity contribution is 0.166. The van der Waals surface area contributed by atoms with Crippen molar-refractivity contribution in [2.75, 3.05) is 20.1 Å². The maximum absolute atomic E-state index is 4.44. The fourth-order valence-corrected chi connectivity index (χ4v) is 3.56. The van der Waals surface area contributed by atoms with Crippen LogP contribution < -0.4 is 5.32 Å². The molecule has 20 heavy (non-hydrogen) atoms. The Morgan fingerprint density at radius 1 is 1.30 bits per heavy atom. The molecule has 0 aliphatic heterocycles. The highest BCUT2D eigenvalue weighted by molar-refractivity contribution is 5.03. The van der Waals surface area contributed by atoms with Crippen LogP contribution in [0.4, 0.5) is 0 Å². The van der Waals surface area contributed by atoms with Gasteiger partial charge in [0, 0.05) is 31.9 Å². The molecule has 2 aliphatic rings. The number of rotatable bonds is 7. The molecule has 0 unspecified atom stereocenters. The Kier molecular flexibility index (Phi) is 4.37. The van der Waals surface area contributed by atoms with Crippen LogP contribution in [0.15, 0.2) is 24.4 Å². The molecule has 2 aliphatic carbocycles. The summed E-state index contributed by atoms with van der Waals surface area (Å²) >= 11 is 0. The standard InChI is InChI=1S/C17H27N3/c1-20(12-16-6-2-5-11-18-16)14-17(9-3-4-10-17)13-19-15-7-8-15/h2,5-6,11,15,19H,3-4,7-10,12-14H2,1H3. The van der Waals surface area contributed by atoms with E-state index in [1.165, 1.54) is 57.3 Å². The summed E-state index contributed by atoms with van der Waals surface area (Å²) in [6.07, 6.45) is 10.3. The molecule has 0 saturated heterocycles. The van der Waals surface area contributed by atoms with E-state index in [2.05, 4.69) is 34.4 Å². The van der Waals surface area contributed by atoms with Crippen LogP contribution in [0.5, 0.6) is 0 Å². The number of nitrogens with one attached hydrogen (secondary N) is 1. The van der Waals surface area contributed by atoms with E-state index in [1.807, 2.05) is 12.3 Å². The van der Waals surface area contributed by atoms with Gasteiger partial charge in [-0.2, -0.15) is 0 Å². The quantitative estimate of drug-likeness (QED) is 0.828. The minimum absolute atomic E-state index is 0.506. The van der Waals surface area contributed by atoms with Crippen LogP contribution >= 0.6 is 0 Å². The van der Waals surface area contributed by atoms with Crippen LogP contribution in [0.25, 0.3) is 0 Å². The molecule has 3 heteroatoms. The topological polar surface area (TPSA) is 28.2 Å². The van der Waals surface area contributed by atoms with Crippen LogP contribution in [0, 0.1) is 5.41 Å². The summed E-state index contributed by atoms with van der Waals surface area (Å²) in [5, 5.41) is 3.77. The molecule has 1 aromatic rings. The smallest absolute Gasteiger partial charge is 0.0543 e. The summed E-state index contributed by atoms with van der Waals surface area (Å²) in [4.78, 5) is 6.90. The lowest BCUT2D eigenvalue weighted by Gasteiger charge is -2.34. The van der Waals surface area contributed by atoms with Crippen molar-refractivity contribution in [3.8, 4) is 0 Å². The zero-order valence-electron chi connectivity index (χ0n) is 12.6. The first kappa shape index (κ1) is 14.0. The lowest BCUT2D eigenvalue weighted by Crippen LogP contribution is -2.41. The van der Waals surface area contributed by atoms with E-state index < -0.39 is 0 Å². The SMILES string of the molecule is CN(Cc1ccccn1)CC1(CNC2CC2)CCCC1. The minimum atomic E-state index is 0.506. The van der Waals surface area contributed by atoms with Crippen LogP contribution in [0.1, 0.15) is 44.2 Å². The molecule has 0 atom stereocenters. The van der Waals surface area contributed by atoms with Gasteiger partial charge < -0.3 is 5.32 Å². The molecular formula is C17H27N3. The molecule has 3 rings (SSSR count). The number of aromatic nitrogens is 1. The summed E-state index contributed by atoms with van der Waals surface area (Å²) < 4.78 is 0. The molecule has 0 amide bonds. The van der Waals surface area contributed by atoms with E-state index in [-0.39, 0.29) is 0 Å². The van der Waals surface area contributed by atoms with E-state index in [0.717, 1.165) is 12.6 Å². The van der Waals surface area contributed by atoms with E-state index in [4.69, 9.17) is 0 Å². The van der Waals surface area contributed by atoms with Crippen molar-refractivity contribution < 1.29 is 0 Å². The number of hydrogen-bond acceptors (Lipinski definition) is 3. The third-order valence-corrected chi connectivity index (χ3v) is 4.77. The lowest BCUT2D eigenvalue weighted by atomic mass is 9.85. The fraction of sp³-hybridized carbons (Fsp3) is 0.706. The second-order valence-electron chi connectivity index (χ2n) is 6.86. The Bertz CT molecular complexity index is 408. The first-order valence-corrected chi connectivity index (χ1v) is 8.08. The van der Waals surface area contributed by atoms with Crippen molar-refractivity contribution in [3.63, 3.8) is 0 Å². The van der Waals surface area contributed by atoms with Crippen LogP contribution in [-0.2, 0) is 6.54 Å². The van der Waals surface area contributed by atoms with Gasteiger partial charge in [0.05, 0.1) is 5.69 Å². The van der Waals surface area contributed by atoms with Gasteiger partial charge in [-0.3, -0.25) is 9.88 Å². The van der Waals surface area contributed by atoms with Crippen molar-refractivity contribution in [3.05, 3.63) is 30.1 Å². The highest BCUT2D eigenvalue weighted by Gasteiger charge is 2.36. The third-order valence-electron chi connectivity index (χ3n) is 4.77. The van der Waals surface area contributed by atoms with Gasteiger partial charge in [-0.1, -0.05) is 18.9 Å². The highest BCUT2D eigenvalue weighted by Crippen LogP contribution is 2.39. The van der Waals surface area contributed by atoms with Gasteiger partial charge in [-0.25, -0.2) is 0 Å². The molecule has 3 nitrogen and oxygen atoms in total. The average Bonchev–Trinajstić information content (AvgIpc) is 3.18. The molecule has 2 saturated carbocycles. The van der Waals surface area contributed by atoms with E-state index in [9.17, 15) is 0 Å². The molecule has 2 fully saturated rings. The minimum Gasteiger partial charge on any atom is -0.313 e. The van der Waals surface area contributed by atoms with Crippen LogP contribution in [0.3, 0.4) is 0 Å². The molecular weight excluding hydrogens is 246 g/mol. The number of nitrogens with zero attached hydrogens (tertiary/aromatic N) is 2. The molecule has 0 bridgehead atoms. The van der Waals surface area contributed by atoms with E-state index >= 15 is 0 Å². The Hall–Kier alpha value is -0.930. The van der Waals surface area contributed by atoms with E-state index in [1.54, 1.807) is 0 Å². The molecule has 110 valence electrons. The summed E-state index contributed by atoms with van der Waals surface area (Å²) in [7, 11) is 2.24. The van der Waals surface area contributed by atoms with Crippen LogP contribution in [0.2, 0.25) is 0 Å². The summed E-state index contributed by atoms with van der Waals surface area (Å²) in [5.74, 6) is 0. The molecule has 0 spiro atoms. The van der Waals surface area contributed by atoms with Gasteiger partial charge in [0.1, 0.15) is 0 Å². The number of hydrogen-bond donors (Lipinski definition) is 1. The molecule has 1 aromatic heterocycles. The highest BCUT2D eigenvalue weighted by atomic mass is 15.1. The summed E-state index contributed by atoms with van der Waals surface area (Å²) in [6, 6.07) is 7.02. The van der Waals surface area contributed by atoms with Crippen molar-refractivity contribution in [2.45, 2.75) is 51.1 Å². The van der Waals surface area contributed by atoms with Gasteiger partial charge in [0.15, 0.2) is 0 Å². The first-order chi connectivity index (χ1) is 9.76. The largest absolute Gasteiger partial charge is 0.313 e. The molecule has 0 aromatic carbocycles. The molecule has 1 N–H and O–H groups in total. The Morgan fingerprint density at radius 2 is 2.10 bits per heavy atom. The second-order valence-corrected chi connectivity index (χ2v) is 6.86. The van der Waals surface area contributed by atoms with E-state index in [0.29, 0.717) is 5.41 Å². The maximum Gasteiger partial charge on any atom is 0.0543 e. The normalized spacial score (nSPS) is 21.5. The van der Waals surface area contributed by atoms with Crippen molar-refractivity contribution in [2.24, 2.45) is 5.41 Å². The Labute approximate surface area is 122 Å². The van der Waals surface area contributed by atoms with Gasteiger partial charge in [0.2, 0.25) is 0 Å². The predicted molar refractivity (Wildman–Crippen MR) is 82.5 cm³/mol. The summed E-state index contributed by atoms with van der Waals surface area (Å²) in [6.45, 7) is 3.37. The predicted octanol–water partition coefficient (Wildman–Crippen LogP) is 2.83. The molecule has 1 heterocycles. The first-order valence-electron chi connectivity index (χ1n) is 8.08. The Balaban J connectivity index is 1.54. The van der Waals surface area contributed by atoms with Crippen LogP contribution in [-0.4, -0.2) is 36.1 Å². The van der Waals surface area contributed by atoms with Gasteiger partial charge in [-0.15, -0.1) is 0 Å². The van der Waals surface area contributed by atoms with Gasteiger partial charge in [-0.05, 0) is 50.3 Å². The third kappa shape index (κ3) is 3.80. The monoisotopic (exact) mass is 273 g/mol. The zero-order valence-corrected chi connectivity index (χ0v) is 12.6. The Morgan fingerprint density at radius 3 is 2.75 bits per heavy atom. The van der Waals surface area contributed by atoms with Gasteiger partial charge >= 0.3 is 0 Å². The van der Waals surface area contributed by atoms with Gasteiger partial charge in [0.25, 0.3) is 0 Å². The maximum atomic E-state index is 4.44. The fourth-order valence-electron chi connectivity index (χ4n) is 3.56. The van der Waals surface area contributed by atoms with Crippen molar-refractivity contribution in [1.82, 2.24) is 15.2 Å². The second kappa shape index (κ2) is 6.23. The van der Waals surface area contributed by atoms with Crippen molar-refractivity contribution >= 4 is 0 Å². The molecule has 0 radical (unpaired) electrons. The van der Waals surface area contributed by atoms with Crippen molar-refractivity contribution in [1.29, 1.82) is 0 Å². The number of pyridine rings is 1. The zero-order chi connectivity index (χ0) is 13.8. The average molecular weight is 273 g/mol.